The maximum absolute atomic E-state index is 9.56. The van der Waals surface area contributed by atoms with Crippen molar-refractivity contribution in [2.24, 2.45) is 5.92 Å². The van der Waals surface area contributed by atoms with Crippen molar-refractivity contribution in [2.75, 3.05) is 19.6 Å². The highest BCUT2D eigenvalue weighted by atomic mass is 15.2. The van der Waals surface area contributed by atoms with E-state index in [0.717, 1.165) is 25.4 Å². The molecule has 1 unspecified atom stereocenters. The molecule has 2 aliphatic rings. The molecule has 0 amide bonds. The summed E-state index contributed by atoms with van der Waals surface area (Å²) in [5.41, 5.74) is -0.316. The molecule has 1 N–H and O–H groups in total. The Morgan fingerprint density at radius 2 is 1.95 bits per heavy atom. The number of nitrogens with zero attached hydrogens (tertiary/aromatic N) is 2. The van der Waals surface area contributed by atoms with Crippen LogP contribution in [0.2, 0.25) is 0 Å². The Labute approximate surface area is 118 Å². The van der Waals surface area contributed by atoms with Crippen molar-refractivity contribution in [2.45, 2.75) is 70.4 Å². The Morgan fingerprint density at radius 1 is 1.26 bits per heavy atom. The molecule has 0 aromatic carbocycles. The van der Waals surface area contributed by atoms with Crippen LogP contribution in [0.25, 0.3) is 0 Å². The quantitative estimate of drug-likeness (QED) is 0.851. The Kier molecular flexibility index (Phi) is 4.53. The minimum absolute atomic E-state index is 0.0105. The van der Waals surface area contributed by atoms with Crippen LogP contribution in [-0.2, 0) is 0 Å². The minimum atomic E-state index is -0.326. The summed E-state index contributed by atoms with van der Waals surface area (Å²) in [6.45, 7) is 9.63. The average molecular weight is 263 g/mol. The van der Waals surface area contributed by atoms with E-state index in [1.165, 1.54) is 38.6 Å². The van der Waals surface area contributed by atoms with Crippen LogP contribution in [0.4, 0.5) is 0 Å². The number of rotatable bonds is 3. The van der Waals surface area contributed by atoms with E-state index in [0.29, 0.717) is 0 Å². The fourth-order valence-electron chi connectivity index (χ4n) is 3.72. The molecule has 19 heavy (non-hydrogen) atoms. The molecule has 0 spiro atoms. The molecule has 3 nitrogen and oxygen atoms in total. The molecule has 1 aliphatic carbocycles. The third-order valence-corrected chi connectivity index (χ3v) is 4.42. The average Bonchev–Trinajstić information content (AvgIpc) is 2.72. The molecule has 2 rings (SSSR count). The normalized spacial score (nSPS) is 30.4. The van der Waals surface area contributed by atoms with Crippen LogP contribution in [0.15, 0.2) is 0 Å². The summed E-state index contributed by atoms with van der Waals surface area (Å²) in [7, 11) is 0. The van der Waals surface area contributed by atoms with Crippen LogP contribution >= 0.6 is 0 Å². The lowest BCUT2D eigenvalue weighted by Gasteiger charge is -2.33. The van der Waals surface area contributed by atoms with Gasteiger partial charge in [0.15, 0.2) is 0 Å². The maximum Gasteiger partial charge on any atom is 0.121 e. The smallest absolute Gasteiger partial charge is 0.121 e. The highest BCUT2D eigenvalue weighted by Gasteiger charge is 2.41. The Hall–Kier alpha value is -0.590. The summed E-state index contributed by atoms with van der Waals surface area (Å²) in [5.74, 6) is 0.873. The zero-order chi connectivity index (χ0) is 13.9. The van der Waals surface area contributed by atoms with Crippen LogP contribution in [-0.4, -0.2) is 35.6 Å². The van der Waals surface area contributed by atoms with Crippen molar-refractivity contribution in [3.8, 4) is 6.07 Å². The lowest BCUT2D eigenvalue weighted by Crippen LogP contribution is -2.54. The molecule has 1 heterocycles. The van der Waals surface area contributed by atoms with Crippen LogP contribution in [0, 0.1) is 17.2 Å². The summed E-state index contributed by atoms with van der Waals surface area (Å²) in [6, 6.07) is 2.55. The zero-order valence-corrected chi connectivity index (χ0v) is 12.8. The van der Waals surface area contributed by atoms with Crippen molar-refractivity contribution in [1.29, 1.82) is 5.26 Å². The number of likely N-dealkylation sites (tertiary alicyclic amines) is 1. The SMILES string of the molecule is CC(C)(C)NC1(C#N)CCN(CC2CCCCC2)C1. The summed E-state index contributed by atoms with van der Waals surface area (Å²) < 4.78 is 0. The first kappa shape index (κ1) is 14.8. The lowest BCUT2D eigenvalue weighted by atomic mass is 9.89. The minimum Gasteiger partial charge on any atom is -0.300 e. The van der Waals surface area contributed by atoms with Gasteiger partial charge in [0.25, 0.3) is 0 Å². The van der Waals surface area contributed by atoms with E-state index in [4.69, 9.17) is 0 Å². The van der Waals surface area contributed by atoms with Gasteiger partial charge in [0.2, 0.25) is 0 Å². The van der Waals surface area contributed by atoms with Crippen molar-refractivity contribution in [3.63, 3.8) is 0 Å². The van der Waals surface area contributed by atoms with E-state index in [1.54, 1.807) is 0 Å². The summed E-state index contributed by atoms with van der Waals surface area (Å²) in [4.78, 5) is 2.51. The van der Waals surface area contributed by atoms with Crippen molar-refractivity contribution in [1.82, 2.24) is 10.2 Å². The molecular formula is C16H29N3. The molecule has 1 atom stereocenters. The third kappa shape index (κ3) is 4.19. The fourth-order valence-corrected chi connectivity index (χ4v) is 3.72. The van der Waals surface area contributed by atoms with Gasteiger partial charge in [0, 0.05) is 25.2 Å². The van der Waals surface area contributed by atoms with Gasteiger partial charge in [-0.1, -0.05) is 19.3 Å². The molecule has 0 bridgehead atoms. The fraction of sp³-hybridized carbons (Fsp3) is 0.938. The molecule has 108 valence electrons. The summed E-state index contributed by atoms with van der Waals surface area (Å²) >= 11 is 0. The Morgan fingerprint density at radius 3 is 2.53 bits per heavy atom. The topological polar surface area (TPSA) is 39.1 Å². The molecule has 1 saturated carbocycles. The Bertz CT molecular complexity index is 333. The molecule has 0 aromatic rings. The third-order valence-electron chi connectivity index (χ3n) is 4.42. The van der Waals surface area contributed by atoms with Gasteiger partial charge in [-0.15, -0.1) is 0 Å². The highest BCUT2D eigenvalue weighted by Crippen LogP contribution is 2.28. The molecule has 1 saturated heterocycles. The largest absolute Gasteiger partial charge is 0.300 e. The number of hydrogen-bond donors (Lipinski definition) is 1. The van der Waals surface area contributed by atoms with Crippen LogP contribution < -0.4 is 5.32 Å². The molecule has 0 aromatic heterocycles. The van der Waals surface area contributed by atoms with E-state index in [-0.39, 0.29) is 11.1 Å². The highest BCUT2D eigenvalue weighted by molar-refractivity contribution is 5.14. The van der Waals surface area contributed by atoms with Gasteiger partial charge in [-0.2, -0.15) is 5.26 Å². The van der Waals surface area contributed by atoms with Crippen molar-refractivity contribution in [3.05, 3.63) is 0 Å². The standard InChI is InChI=1S/C16H29N3/c1-15(2,3)18-16(12-17)9-10-19(13-16)11-14-7-5-4-6-8-14/h14,18H,4-11,13H2,1-3H3. The first-order chi connectivity index (χ1) is 8.92. The molecule has 2 fully saturated rings. The van der Waals surface area contributed by atoms with Gasteiger partial charge in [-0.05, 0) is 46.0 Å². The van der Waals surface area contributed by atoms with Gasteiger partial charge >= 0.3 is 0 Å². The maximum atomic E-state index is 9.56. The summed E-state index contributed by atoms with van der Waals surface area (Å²) in [5, 5.41) is 13.1. The monoisotopic (exact) mass is 263 g/mol. The van der Waals surface area contributed by atoms with Crippen LogP contribution in [0.5, 0.6) is 0 Å². The van der Waals surface area contributed by atoms with E-state index in [9.17, 15) is 5.26 Å². The van der Waals surface area contributed by atoms with E-state index < -0.39 is 0 Å². The molecular weight excluding hydrogens is 234 g/mol. The first-order valence-corrected chi connectivity index (χ1v) is 7.85. The predicted molar refractivity (Wildman–Crippen MR) is 78.9 cm³/mol. The van der Waals surface area contributed by atoms with Gasteiger partial charge in [0.1, 0.15) is 5.54 Å². The van der Waals surface area contributed by atoms with Crippen LogP contribution in [0.1, 0.15) is 59.3 Å². The Balaban J connectivity index is 1.88. The van der Waals surface area contributed by atoms with Gasteiger partial charge in [0.05, 0.1) is 6.07 Å². The van der Waals surface area contributed by atoms with Gasteiger partial charge in [-0.25, -0.2) is 0 Å². The number of nitrogens with one attached hydrogen (secondary N) is 1. The molecule has 1 aliphatic heterocycles. The first-order valence-electron chi connectivity index (χ1n) is 7.85. The van der Waals surface area contributed by atoms with Gasteiger partial charge in [-0.3, -0.25) is 5.32 Å². The number of nitriles is 1. The van der Waals surface area contributed by atoms with E-state index in [1.807, 2.05) is 0 Å². The second-order valence-corrected chi connectivity index (χ2v) is 7.56. The van der Waals surface area contributed by atoms with E-state index >= 15 is 0 Å². The van der Waals surface area contributed by atoms with Gasteiger partial charge < -0.3 is 4.90 Å². The second kappa shape index (κ2) is 5.81. The van der Waals surface area contributed by atoms with Crippen molar-refractivity contribution < 1.29 is 0 Å². The van der Waals surface area contributed by atoms with Crippen molar-refractivity contribution >= 4 is 0 Å². The predicted octanol–water partition coefficient (Wildman–Crippen LogP) is 2.92. The second-order valence-electron chi connectivity index (χ2n) is 7.56. The van der Waals surface area contributed by atoms with E-state index in [2.05, 4.69) is 37.1 Å². The molecule has 0 radical (unpaired) electrons. The number of hydrogen-bond acceptors (Lipinski definition) is 3. The molecule has 3 heteroatoms. The van der Waals surface area contributed by atoms with Crippen LogP contribution in [0.3, 0.4) is 0 Å². The zero-order valence-electron chi connectivity index (χ0n) is 12.8. The summed E-state index contributed by atoms with van der Waals surface area (Å²) in [6.07, 6.45) is 7.98. The lowest BCUT2D eigenvalue weighted by molar-refractivity contribution is 0.216.